The Labute approximate surface area is 122 Å². The minimum absolute atomic E-state index is 0.247. The van der Waals surface area contributed by atoms with Gasteiger partial charge in [-0.25, -0.2) is 0 Å². The number of carbonyl (C=O) groups is 1. The Morgan fingerprint density at radius 1 is 1.35 bits per heavy atom. The lowest BCUT2D eigenvalue weighted by Gasteiger charge is -2.45. The maximum Gasteiger partial charge on any atom is 0.325 e. The van der Waals surface area contributed by atoms with Gasteiger partial charge in [-0.05, 0) is 59.2 Å². The molecule has 0 aromatic carbocycles. The molecule has 1 aliphatic heterocycles. The van der Waals surface area contributed by atoms with Crippen LogP contribution in [0.4, 0.5) is 0 Å². The van der Waals surface area contributed by atoms with Crippen LogP contribution in [0.5, 0.6) is 0 Å². The quantitative estimate of drug-likeness (QED) is 0.777. The molecule has 0 aromatic rings. The predicted molar refractivity (Wildman–Crippen MR) is 79.5 cm³/mol. The van der Waals surface area contributed by atoms with E-state index in [-0.39, 0.29) is 5.97 Å². The summed E-state index contributed by atoms with van der Waals surface area (Å²) in [4.78, 5) is 16.8. The first kappa shape index (κ1) is 15.7. The summed E-state index contributed by atoms with van der Waals surface area (Å²) >= 11 is 0. The van der Waals surface area contributed by atoms with E-state index in [1.807, 2.05) is 0 Å². The number of rotatable bonds is 3. The van der Waals surface area contributed by atoms with E-state index in [1.165, 1.54) is 20.0 Å². The van der Waals surface area contributed by atoms with Crippen LogP contribution in [-0.4, -0.2) is 67.7 Å². The van der Waals surface area contributed by atoms with Crippen molar-refractivity contribution in [2.45, 2.75) is 56.1 Å². The van der Waals surface area contributed by atoms with Gasteiger partial charge in [-0.1, -0.05) is 0 Å². The number of methoxy groups -OCH3 is 1. The Balaban J connectivity index is 2.00. The summed E-state index contributed by atoms with van der Waals surface area (Å²) in [6, 6.07) is 1.05. The van der Waals surface area contributed by atoms with Gasteiger partial charge in [0, 0.05) is 18.6 Å². The number of carbonyl (C=O) groups excluding carboxylic acids is 1. The fourth-order valence-corrected chi connectivity index (χ4v) is 3.71. The topological polar surface area (TPSA) is 58.8 Å². The minimum atomic E-state index is -0.775. The molecule has 0 bridgehead atoms. The third kappa shape index (κ3) is 3.32. The molecule has 0 spiro atoms. The van der Waals surface area contributed by atoms with Gasteiger partial charge in [0.25, 0.3) is 0 Å². The molecule has 2 rings (SSSR count). The standard InChI is InChI=1S/C15H29N3O2/c1-17(2)13-7-5-9-18(11-13)12-6-4-8-15(16,10-12)14(19)20-3/h12-13H,4-11,16H2,1-3H3. The van der Waals surface area contributed by atoms with Crippen LogP contribution in [0.15, 0.2) is 0 Å². The molecule has 5 nitrogen and oxygen atoms in total. The Kier molecular flexibility index (Phi) is 5.04. The zero-order valence-electron chi connectivity index (χ0n) is 13.1. The molecule has 1 aliphatic carbocycles. The van der Waals surface area contributed by atoms with Crippen molar-refractivity contribution < 1.29 is 9.53 Å². The molecule has 1 saturated heterocycles. The van der Waals surface area contributed by atoms with E-state index in [4.69, 9.17) is 10.5 Å². The van der Waals surface area contributed by atoms with Gasteiger partial charge >= 0.3 is 5.97 Å². The first-order chi connectivity index (χ1) is 9.46. The number of likely N-dealkylation sites (N-methyl/N-ethyl adjacent to an activating group) is 1. The van der Waals surface area contributed by atoms with Crippen LogP contribution >= 0.6 is 0 Å². The summed E-state index contributed by atoms with van der Waals surface area (Å²) < 4.78 is 4.90. The van der Waals surface area contributed by atoms with Crippen LogP contribution in [0.1, 0.15) is 38.5 Å². The summed E-state index contributed by atoms with van der Waals surface area (Å²) in [5, 5.41) is 0. The van der Waals surface area contributed by atoms with Crippen molar-refractivity contribution in [1.82, 2.24) is 9.80 Å². The number of piperidine rings is 1. The lowest BCUT2D eigenvalue weighted by atomic mass is 9.78. The summed E-state index contributed by atoms with van der Waals surface area (Å²) in [6.45, 7) is 2.22. The first-order valence-electron chi connectivity index (χ1n) is 7.74. The first-order valence-corrected chi connectivity index (χ1v) is 7.74. The zero-order valence-corrected chi connectivity index (χ0v) is 13.1. The minimum Gasteiger partial charge on any atom is -0.468 e. The third-order valence-corrected chi connectivity index (χ3v) is 5.03. The van der Waals surface area contributed by atoms with Gasteiger partial charge < -0.3 is 15.4 Å². The van der Waals surface area contributed by atoms with Crippen molar-refractivity contribution in [3.05, 3.63) is 0 Å². The van der Waals surface area contributed by atoms with Crippen LogP contribution in [0.25, 0.3) is 0 Å². The average Bonchev–Trinajstić information content (AvgIpc) is 2.46. The maximum atomic E-state index is 11.9. The Morgan fingerprint density at radius 3 is 2.75 bits per heavy atom. The largest absolute Gasteiger partial charge is 0.468 e. The van der Waals surface area contributed by atoms with E-state index in [2.05, 4.69) is 23.9 Å². The Morgan fingerprint density at radius 2 is 2.10 bits per heavy atom. The van der Waals surface area contributed by atoms with Crippen molar-refractivity contribution >= 4 is 5.97 Å². The number of nitrogens with zero attached hydrogens (tertiary/aromatic N) is 2. The van der Waals surface area contributed by atoms with Crippen LogP contribution in [0.2, 0.25) is 0 Å². The SMILES string of the molecule is COC(=O)C1(N)CCCC(N2CCCC(N(C)C)C2)C1. The van der Waals surface area contributed by atoms with Gasteiger partial charge in [0.15, 0.2) is 0 Å². The van der Waals surface area contributed by atoms with Crippen molar-refractivity contribution in [3.8, 4) is 0 Å². The van der Waals surface area contributed by atoms with Crippen molar-refractivity contribution in [2.24, 2.45) is 5.73 Å². The van der Waals surface area contributed by atoms with E-state index in [0.717, 1.165) is 38.8 Å². The molecule has 0 aromatic heterocycles. The fraction of sp³-hybridized carbons (Fsp3) is 0.933. The second kappa shape index (κ2) is 6.41. The van der Waals surface area contributed by atoms with E-state index in [1.54, 1.807) is 0 Å². The van der Waals surface area contributed by atoms with Gasteiger partial charge in [0.05, 0.1) is 7.11 Å². The molecule has 3 unspecified atom stereocenters. The highest BCUT2D eigenvalue weighted by atomic mass is 16.5. The highest BCUT2D eigenvalue weighted by Crippen LogP contribution is 2.32. The molecule has 5 heteroatoms. The monoisotopic (exact) mass is 283 g/mol. The second-order valence-electron chi connectivity index (χ2n) is 6.65. The number of likely N-dealkylation sites (tertiary alicyclic amines) is 1. The molecule has 20 heavy (non-hydrogen) atoms. The molecular weight excluding hydrogens is 254 g/mol. The molecule has 0 amide bonds. The van der Waals surface area contributed by atoms with Gasteiger partial charge in [-0.2, -0.15) is 0 Å². The van der Waals surface area contributed by atoms with Crippen LogP contribution in [-0.2, 0) is 9.53 Å². The predicted octanol–water partition coefficient (Wildman–Crippen LogP) is 0.826. The summed E-state index contributed by atoms with van der Waals surface area (Å²) in [6.07, 6.45) is 6.15. The number of hydrogen-bond donors (Lipinski definition) is 1. The molecule has 1 saturated carbocycles. The van der Waals surface area contributed by atoms with Gasteiger partial charge in [0.2, 0.25) is 0 Å². The number of ether oxygens (including phenoxy) is 1. The molecule has 2 N–H and O–H groups in total. The third-order valence-electron chi connectivity index (χ3n) is 5.03. The molecule has 2 aliphatic rings. The van der Waals surface area contributed by atoms with E-state index in [0.29, 0.717) is 12.1 Å². The highest BCUT2D eigenvalue weighted by Gasteiger charge is 2.42. The van der Waals surface area contributed by atoms with Crippen molar-refractivity contribution in [1.29, 1.82) is 0 Å². The number of hydrogen-bond acceptors (Lipinski definition) is 5. The van der Waals surface area contributed by atoms with Gasteiger partial charge in [0.1, 0.15) is 5.54 Å². The van der Waals surface area contributed by atoms with Crippen LogP contribution in [0.3, 0.4) is 0 Å². The molecule has 0 radical (unpaired) electrons. The lowest BCUT2D eigenvalue weighted by Crippen LogP contribution is -2.58. The number of nitrogens with two attached hydrogens (primary N) is 1. The van der Waals surface area contributed by atoms with E-state index < -0.39 is 5.54 Å². The van der Waals surface area contributed by atoms with E-state index >= 15 is 0 Å². The van der Waals surface area contributed by atoms with Crippen LogP contribution < -0.4 is 5.73 Å². The molecule has 1 heterocycles. The fourth-order valence-electron chi connectivity index (χ4n) is 3.71. The average molecular weight is 283 g/mol. The van der Waals surface area contributed by atoms with Crippen LogP contribution in [0, 0.1) is 0 Å². The highest BCUT2D eigenvalue weighted by molar-refractivity contribution is 5.80. The molecule has 116 valence electrons. The van der Waals surface area contributed by atoms with E-state index in [9.17, 15) is 4.79 Å². The zero-order chi connectivity index (χ0) is 14.8. The smallest absolute Gasteiger partial charge is 0.325 e. The Hall–Kier alpha value is -0.650. The second-order valence-corrected chi connectivity index (χ2v) is 6.65. The summed E-state index contributed by atoms with van der Waals surface area (Å²) in [5.41, 5.74) is 5.52. The Bertz CT molecular complexity index is 348. The van der Waals surface area contributed by atoms with Gasteiger partial charge in [-0.3, -0.25) is 9.69 Å². The van der Waals surface area contributed by atoms with Crippen molar-refractivity contribution in [3.63, 3.8) is 0 Å². The normalized spacial score (nSPS) is 36.0. The molecule has 3 atom stereocenters. The maximum absolute atomic E-state index is 11.9. The lowest BCUT2D eigenvalue weighted by molar-refractivity contribution is -0.149. The summed E-state index contributed by atoms with van der Waals surface area (Å²) in [5.74, 6) is -0.247. The molecular formula is C15H29N3O2. The molecule has 2 fully saturated rings. The van der Waals surface area contributed by atoms with Gasteiger partial charge in [-0.15, -0.1) is 0 Å². The van der Waals surface area contributed by atoms with Crippen molar-refractivity contribution in [2.75, 3.05) is 34.3 Å². The summed E-state index contributed by atoms with van der Waals surface area (Å²) in [7, 11) is 5.73. The number of esters is 1.